The first-order valence-electron chi connectivity index (χ1n) is 5.94. The number of hydrogen-bond acceptors (Lipinski definition) is 4. The maximum Gasteiger partial charge on any atom is 0.229 e. The lowest BCUT2D eigenvalue weighted by molar-refractivity contribution is 0.101. The number of nitrogens with one attached hydrogen (secondary N) is 1. The van der Waals surface area contributed by atoms with Gasteiger partial charge in [0.2, 0.25) is 10.0 Å². The maximum atomic E-state index is 11.3. The van der Waals surface area contributed by atoms with Crippen molar-refractivity contribution in [3.8, 4) is 5.75 Å². The molecule has 0 saturated heterocycles. The van der Waals surface area contributed by atoms with Crippen molar-refractivity contribution < 1.29 is 17.9 Å². The lowest BCUT2D eigenvalue weighted by Crippen LogP contribution is -2.13. The number of Topliss-reactive ketones (excluding diaryl/α,β-unsaturated/α-hetero) is 1. The van der Waals surface area contributed by atoms with Gasteiger partial charge in [0.1, 0.15) is 5.75 Å². The molecule has 0 unspecified atom stereocenters. The minimum atomic E-state index is -3.42. The van der Waals surface area contributed by atoms with Crippen LogP contribution in [0.15, 0.2) is 18.2 Å². The Kier molecular flexibility index (Phi) is 4.94. The van der Waals surface area contributed by atoms with E-state index in [2.05, 4.69) is 4.72 Å². The number of rotatable bonds is 6. The molecule has 5 nitrogen and oxygen atoms in total. The SMILES string of the molecule is CC(=O)c1ccc(OCC(C)C)c(NS(C)(=O)=O)c1. The number of hydrogen-bond donors (Lipinski definition) is 1. The smallest absolute Gasteiger partial charge is 0.229 e. The van der Waals surface area contributed by atoms with Gasteiger partial charge in [-0.3, -0.25) is 9.52 Å². The summed E-state index contributed by atoms with van der Waals surface area (Å²) in [4.78, 5) is 11.3. The molecule has 1 aromatic carbocycles. The highest BCUT2D eigenvalue weighted by molar-refractivity contribution is 7.92. The van der Waals surface area contributed by atoms with Crippen LogP contribution in [0.2, 0.25) is 0 Å². The quantitative estimate of drug-likeness (QED) is 0.814. The molecule has 0 bridgehead atoms. The lowest BCUT2D eigenvalue weighted by Gasteiger charge is -2.14. The van der Waals surface area contributed by atoms with Gasteiger partial charge < -0.3 is 4.74 Å². The summed E-state index contributed by atoms with van der Waals surface area (Å²) >= 11 is 0. The fourth-order valence-electron chi connectivity index (χ4n) is 1.41. The molecule has 1 rings (SSSR count). The monoisotopic (exact) mass is 285 g/mol. The highest BCUT2D eigenvalue weighted by atomic mass is 32.2. The molecule has 6 heteroatoms. The Balaban J connectivity index is 3.11. The van der Waals surface area contributed by atoms with Crippen LogP contribution in [0.25, 0.3) is 0 Å². The zero-order valence-corrected chi connectivity index (χ0v) is 12.4. The van der Waals surface area contributed by atoms with Gasteiger partial charge in [0.05, 0.1) is 18.6 Å². The van der Waals surface area contributed by atoms with E-state index in [0.29, 0.717) is 23.8 Å². The van der Waals surface area contributed by atoms with Gasteiger partial charge in [0.25, 0.3) is 0 Å². The van der Waals surface area contributed by atoms with Crippen molar-refractivity contribution in [1.82, 2.24) is 0 Å². The number of carbonyl (C=O) groups excluding carboxylic acids is 1. The summed E-state index contributed by atoms with van der Waals surface area (Å²) in [5.41, 5.74) is 0.721. The summed E-state index contributed by atoms with van der Waals surface area (Å²) in [6.07, 6.45) is 1.06. The predicted octanol–water partition coefficient (Wildman–Crippen LogP) is 2.30. The molecule has 0 amide bonds. The van der Waals surface area contributed by atoms with Crippen molar-refractivity contribution >= 4 is 21.5 Å². The normalized spacial score (nSPS) is 11.4. The second kappa shape index (κ2) is 6.06. The minimum absolute atomic E-state index is 0.132. The maximum absolute atomic E-state index is 11.3. The van der Waals surface area contributed by atoms with Crippen LogP contribution in [0.4, 0.5) is 5.69 Å². The summed E-state index contributed by atoms with van der Waals surface area (Å²) in [5.74, 6) is 0.606. The van der Waals surface area contributed by atoms with Crippen LogP contribution in [-0.2, 0) is 10.0 Å². The van der Waals surface area contributed by atoms with E-state index < -0.39 is 10.0 Å². The topological polar surface area (TPSA) is 72.5 Å². The molecular weight excluding hydrogens is 266 g/mol. The van der Waals surface area contributed by atoms with Crippen LogP contribution in [0.1, 0.15) is 31.1 Å². The third kappa shape index (κ3) is 5.30. The molecule has 0 atom stereocenters. The number of ether oxygens (including phenoxy) is 1. The van der Waals surface area contributed by atoms with Crippen LogP contribution < -0.4 is 9.46 Å². The third-order valence-corrected chi connectivity index (χ3v) is 2.84. The first-order valence-corrected chi connectivity index (χ1v) is 7.84. The van der Waals surface area contributed by atoms with E-state index in [4.69, 9.17) is 4.74 Å². The molecule has 0 fully saturated rings. The summed E-state index contributed by atoms with van der Waals surface area (Å²) < 4.78 is 30.5. The van der Waals surface area contributed by atoms with Gasteiger partial charge >= 0.3 is 0 Å². The van der Waals surface area contributed by atoms with E-state index in [1.54, 1.807) is 12.1 Å². The van der Waals surface area contributed by atoms with Crippen LogP contribution in [-0.4, -0.2) is 27.1 Å². The van der Waals surface area contributed by atoms with Gasteiger partial charge in [-0.2, -0.15) is 0 Å². The molecule has 0 spiro atoms. The van der Waals surface area contributed by atoms with Gasteiger partial charge in [-0.15, -0.1) is 0 Å². The Bertz CT molecular complexity index is 564. The van der Waals surface area contributed by atoms with Crippen LogP contribution >= 0.6 is 0 Å². The van der Waals surface area contributed by atoms with Gasteiger partial charge in [-0.1, -0.05) is 13.8 Å². The number of sulfonamides is 1. The van der Waals surface area contributed by atoms with Crippen molar-refractivity contribution in [2.45, 2.75) is 20.8 Å². The lowest BCUT2D eigenvalue weighted by atomic mass is 10.1. The zero-order chi connectivity index (χ0) is 14.6. The van der Waals surface area contributed by atoms with Gasteiger partial charge in [0, 0.05) is 5.56 Å². The number of benzene rings is 1. The van der Waals surface area contributed by atoms with Gasteiger partial charge in [-0.05, 0) is 31.0 Å². The molecule has 0 heterocycles. The molecule has 106 valence electrons. The average Bonchev–Trinajstić information content (AvgIpc) is 2.24. The van der Waals surface area contributed by atoms with Crippen molar-refractivity contribution in [2.75, 3.05) is 17.6 Å². The van der Waals surface area contributed by atoms with E-state index in [1.807, 2.05) is 13.8 Å². The summed E-state index contributed by atoms with van der Waals surface area (Å²) in [6, 6.07) is 4.71. The second-order valence-corrected chi connectivity index (χ2v) is 6.59. The number of anilines is 1. The second-order valence-electron chi connectivity index (χ2n) is 4.85. The van der Waals surface area contributed by atoms with E-state index in [9.17, 15) is 13.2 Å². The molecule has 0 radical (unpaired) electrons. The number of ketones is 1. The zero-order valence-electron chi connectivity index (χ0n) is 11.6. The molecule has 0 aromatic heterocycles. The fraction of sp³-hybridized carbons (Fsp3) is 0.462. The van der Waals surface area contributed by atoms with Crippen molar-refractivity contribution in [3.63, 3.8) is 0 Å². The summed E-state index contributed by atoms with van der Waals surface area (Å²) in [6.45, 7) is 5.88. The molecule has 19 heavy (non-hydrogen) atoms. The van der Waals surface area contributed by atoms with E-state index in [0.717, 1.165) is 6.26 Å². The molecule has 0 saturated carbocycles. The molecular formula is C13H19NO4S. The molecule has 0 aliphatic heterocycles. The Hall–Kier alpha value is -1.56. The molecule has 1 aromatic rings. The summed E-state index contributed by atoms with van der Waals surface area (Å²) in [5, 5.41) is 0. The first-order chi connectivity index (χ1) is 8.69. The Morgan fingerprint density at radius 2 is 2.00 bits per heavy atom. The molecule has 1 N–H and O–H groups in total. The largest absolute Gasteiger partial charge is 0.491 e. The Morgan fingerprint density at radius 1 is 1.37 bits per heavy atom. The molecule has 0 aliphatic rings. The summed E-state index contributed by atoms with van der Waals surface area (Å²) in [7, 11) is -3.42. The average molecular weight is 285 g/mol. The fourth-order valence-corrected chi connectivity index (χ4v) is 1.97. The molecule has 0 aliphatic carbocycles. The van der Waals surface area contributed by atoms with Gasteiger partial charge in [-0.25, -0.2) is 8.42 Å². The van der Waals surface area contributed by atoms with Gasteiger partial charge in [0.15, 0.2) is 5.78 Å². The van der Waals surface area contributed by atoms with Crippen molar-refractivity contribution in [3.05, 3.63) is 23.8 Å². The van der Waals surface area contributed by atoms with Crippen LogP contribution in [0.3, 0.4) is 0 Å². The van der Waals surface area contributed by atoms with E-state index in [1.165, 1.54) is 13.0 Å². The van der Waals surface area contributed by atoms with Crippen LogP contribution in [0.5, 0.6) is 5.75 Å². The van der Waals surface area contributed by atoms with Crippen LogP contribution in [0, 0.1) is 5.92 Å². The third-order valence-electron chi connectivity index (χ3n) is 2.25. The number of carbonyl (C=O) groups is 1. The Labute approximate surface area is 114 Å². The minimum Gasteiger partial charge on any atom is -0.491 e. The van der Waals surface area contributed by atoms with E-state index in [-0.39, 0.29) is 11.5 Å². The van der Waals surface area contributed by atoms with Crippen molar-refractivity contribution in [2.24, 2.45) is 5.92 Å². The highest BCUT2D eigenvalue weighted by Crippen LogP contribution is 2.27. The Morgan fingerprint density at radius 3 is 2.47 bits per heavy atom. The van der Waals surface area contributed by atoms with Crippen molar-refractivity contribution in [1.29, 1.82) is 0 Å². The first kappa shape index (κ1) is 15.5. The highest BCUT2D eigenvalue weighted by Gasteiger charge is 2.12. The predicted molar refractivity (Wildman–Crippen MR) is 75.2 cm³/mol. The van der Waals surface area contributed by atoms with E-state index >= 15 is 0 Å². The standard InChI is InChI=1S/C13H19NO4S/c1-9(2)8-18-13-6-5-11(10(3)15)7-12(13)14-19(4,16)17/h5-7,9,14H,8H2,1-4H3.